The van der Waals surface area contributed by atoms with E-state index in [1.165, 1.54) is 0 Å². The van der Waals surface area contributed by atoms with Gasteiger partial charge in [0.25, 0.3) is 5.92 Å². The van der Waals surface area contributed by atoms with Crippen LogP contribution in [0.1, 0.15) is 45.3 Å². The number of allylic oxidation sites excluding steroid dienone is 1. The lowest BCUT2D eigenvalue weighted by Gasteiger charge is -2.26. The van der Waals surface area contributed by atoms with Crippen molar-refractivity contribution in [1.29, 1.82) is 0 Å². The Hall–Kier alpha value is -1.84. The second kappa shape index (κ2) is 7.42. The van der Waals surface area contributed by atoms with Crippen molar-refractivity contribution in [2.24, 2.45) is 5.92 Å². The third-order valence-electron chi connectivity index (χ3n) is 3.95. The molecule has 0 saturated carbocycles. The van der Waals surface area contributed by atoms with Crippen LogP contribution in [0, 0.1) is 5.92 Å². The molecule has 0 unspecified atom stereocenters. The number of nitrogens with zero attached hydrogens (tertiary/aromatic N) is 3. The Balaban J connectivity index is 2.38. The van der Waals surface area contributed by atoms with Gasteiger partial charge in [-0.15, -0.1) is 0 Å². The van der Waals surface area contributed by atoms with Gasteiger partial charge < -0.3 is 10.4 Å². The number of aliphatic hydroxyl groups excluding tert-OH is 1. The lowest BCUT2D eigenvalue weighted by atomic mass is 9.93. The lowest BCUT2D eigenvalue weighted by Crippen LogP contribution is -2.34. The van der Waals surface area contributed by atoms with Gasteiger partial charge in [0.1, 0.15) is 11.9 Å². The molecule has 0 amide bonds. The van der Waals surface area contributed by atoms with Crippen LogP contribution in [0.3, 0.4) is 0 Å². The number of aromatic nitrogens is 3. The highest BCUT2D eigenvalue weighted by atomic mass is 19.4. The molecule has 5 nitrogen and oxygen atoms in total. The maximum absolute atomic E-state index is 13.4. The minimum absolute atomic E-state index is 0.00192. The summed E-state index contributed by atoms with van der Waals surface area (Å²) in [5.41, 5.74) is 0.263. The average molecular weight is 380 g/mol. The van der Waals surface area contributed by atoms with Gasteiger partial charge in [0, 0.05) is 18.9 Å². The van der Waals surface area contributed by atoms with E-state index < -0.39 is 37.0 Å². The number of aliphatic hydroxyl groups is 1. The molecule has 2 rings (SSSR count). The summed E-state index contributed by atoms with van der Waals surface area (Å²) in [6.45, 7) is 4.61. The normalized spacial score (nSPS) is 21.5. The van der Waals surface area contributed by atoms with E-state index in [-0.39, 0.29) is 35.6 Å². The summed E-state index contributed by atoms with van der Waals surface area (Å²) in [7, 11) is 0. The quantitative estimate of drug-likeness (QED) is 0.764. The molecular formula is C16H21F5N4O. The zero-order valence-electron chi connectivity index (χ0n) is 14.6. The summed E-state index contributed by atoms with van der Waals surface area (Å²) in [6.07, 6.45) is -6.58. The van der Waals surface area contributed by atoms with Gasteiger partial charge in [-0.1, -0.05) is 6.92 Å². The van der Waals surface area contributed by atoms with E-state index in [2.05, 4.69) is 20.3 Å². The standard InChI is InChI=1S/C16H21F5N4O/c1-8(2)22-14-24-12(6-9(3)16(19,20)21)23-13(25-14)10-4-5-15(17,18)11(26)7-10/h7-9,11,26H,4-6H2,1-3H3,(H,22,23,24,25)/t9-,11-/m0/s1. The minimum Gasteiger partial charge on any atom is -0.383 e. The van der Waals surface area contributed by atoms with Gasteiger partial charge in [0.2, 0.25) is 5.95 Å². The Morgan fingerprint density at radius 1 is 1.23 bits per heavy atom. The first-order valence-electron chi connectivity index (χ1n) is 8.23. The number of nitrogens with one attached hydrogen (secondary N) is 1. The van der Waals surface area contributed by atoms with Gasteiger partial charge in [-0.25, -0.2) is 13.8 Å². The van der Waals surface area contributed by atoms with Crippen LogP contribution in [0.2, 0.25) is 0 Å². The lowest BCUT2D eigenvalue weighted by molar-refractivity contribution is -0.169. The van der Waals surface area contributed by atoms with Gasteiger partial charge >= 0.3 is 6.18 Å². The number of anilines is 1. The molecule has 0 aliphatic heterocycles. The number of alkyl halides is 5. The number of hydrogen-bond donors (Lipinski definition) is 2. The molecule has 0 spiro atoms. The van der Waals surface area contributed by atoms with Crippen molar-refractivity contribution in [2.75, 3.05) is 5.32 Å². The Bertz CT molecular complexity index is 675. The van der Waals surface area contributed by atoms with E-state index in [0.717, 1.165) is 13.0 Å². The fourth-order valence-corrected chi connectivity index (χ4v) is 2.40. The molecular weight excluding hydrogens is 359 g/mol. The third-order valence-corrected chi connectivity index (χ3v) is 3.95. The van der Waals surface area contributed by atoms with E-state index in [1.54, 1.807) is 13.8 Å². The number of halogens is 5. The fourth-order valence-electron chi connectivity index (χ4n) is 2.40. The number of rotatable bonds is 5. The second-order valence-electron chi connectivity index (χ2n) is 6.74. The Morgan fingerprint density at radius 3 is 2.42 bits per heavy atom. The van der Waals surface area contributed by atoms with Gasteiger partial charge in [0.05, 0.1) is 5.92 Å². The molecule has 0 aromatic carbocycles. The van der Waals surface area contributed by atoms with Crippen LogP contribution in [-0.4, -0.2) is 44.3 Å². The molecule has 2 N–H and O–H groups in total. The summed E-state index contributed by atoms with van der Waals surface area (Å²) in [5.74, 6) is -4.93. The summed E-state index contributed by atoms with van der Waals surface area (Å²) in [4.78, 5) is 12.1. The first kappa shape index (κ1) is 20.5. The molecule has 0 bridgehead atoms. The van der Waals surface area contributed by atoms with Crippen LogP contribution in [0.4, 0.5) is 27.9 Å². The van der Waals surface area contributed by atoms with Crippen molar-refractivity contribution >= 4 is 11.5 Å². The Morgan fingerprint density at radius 2 is 1.88 bits per heavy atom. The molecule has 1 aromatic heterocycles. The van der Waals surface area contributed by atoms with Crippen LogP contribution in [0.25, 0.3) is 5.57 Å². The smallest absolute Gasteiger partial charge is 0.383 e. The highest BCUT2D eigenvalue weighted by Gasteiger charge is 2.41. The van der Waals surface area contributed by atoms with E-state index in [4.69, 9.17) is 0 Å². The van der Waals surface area contributed by atoms with Gasteiger partial charge in [0.15, 0.2) is 5.82 Å². The monoisotopic (exact) mass is 380 g/mol. The molecule has 1 aliphatic carbocycles. The van der Waals surface area contributed by atoms with Crippen molar-refractivity contribution < 1.29 is 27.1 Å². The summed E-state index contributed by atoms with van der Waals surface area (Å²) < 4.78 is 65.3. The van der Waals surface area contributed by atoms with Crippen molar-refractivity contribution in [3.8, 4) is 0 Å². The van der Waals surface area contributed by atoms with Crippen molar-refractivity contribution in [3.05, 3.63) is 17.7 Å². The molecule has 26 heavy (non-hydrogen) atoms. The highest BCUT2D eigenvalue weighted by molar-refractivity contribution is 5.62. The topological polar surface area (TPSA) is 70.9 Å². The highest BCUT2D eigenvalue weighted by Crippen LogP contribution is 2.36. The first-order chi connectivity index (χ1) is 11.9. The number of hydrogen-bond acceptors (Lipinski definition) is 5. The van der Waals surface area contributed by atoms with E-state index in [0.29, 0.717) is 0 Å². The zero-order valence-corrected chi connectivity index (χ0v) is 14.6. The summed E-state index contributed by atoms with van der Waals surface area (Å²) >= 11 is 0. The van der Waals surface area contributed by atoms with Crippen LogP contribution < -0.4 is 5.32 Å². The van der Waals surface area contributed by atoms with Crippen molar-refractivity contribution in [3.63, 3.8) is 0 Å². The molecule has 2 atom stereocenters. The zero-order chi connectivity index (χ0) is 19.7. The average Bonchev–Trinajstić information content (AvgIpc) is 2.48. The van der Waals surface area contributed by atoms with Gasteiger partial charge in [-0.05, 0) is 31.9 Å². The van der Waals surface area contributed by atoms with E-state index >= 15 is 0 Å². The maximum Gasteiger partial charge on any atom is 0.391 e. The Labute approximate surface area is 147 Å². The molecule has 10 heteroatoms. The first-order valence-corrected chi connectivity index (χ1v) is 8.23. The SMILES string of the molecule is CC(C)Nc1nc(C[C@H](C)C(F)(F)F)nc(C2=C[C@H](O)C(F)(F)CC2)n1. The Kier molecular flexibility index (Phi) is 5.84. The molecule has 0 fully saturated rings. The van der Waals surface area contributed by atoms with Crippen LogP contribution >= 0.6 is 0 Å². The summed E-state index contributed by atoms with van der Waals surface area (Å²) in [5, 5.41) is 12.4. The van der Waals surface area contributed by atoms with Crippen LogP contribution in [0.5, 0.6) is 0 Å². The summed E-state index contributed by atoms with van der Waals surface area (Å²) in [6, 6.07) is -0.0894. The van der Waals surface area contributed by atoms with E-state index in [9.17, 15) is 27.1 Å². The minimum atomic E-state index is -4.40. The maximum atomic E-state index is 13.4. The fraction of sp³-hybridized carbons (Fsp3) is 0.688. The van der Waals surface area contributed by atoms with Gasteiger partial charge in [-0.2, -0.15) is 23.1 Å². The largest absolute Gasteiger partial charge is 0.391 e. The molecule has 1 aromatic rings. The predicted molar refractivity (Wildman–Crippen MR) is 85.7 cm³/mol. The van der Waals surface area contributed by atoms with Crippen LogP contribution in [0.15, 0.2) is 6.08 Å². The molecule has 1 heterocycles. The third kappa shape index (κ3) is 5.09. The van der Waals surface area contributed by atoms with Crippen LogP contribution in [-0.2, 0) is 6.42 Å². The molecule has 0 saturated heterocycles. The molecule has 1 aliphatic rings. The van der Waals surface area contributed by atoms with Crippen molar-refractivity contribution in [1.82, 2.24) is 15.0 Å². The molecule has 146 valence electrons. The second-order valence-corrected chi connectivity index (χ2v) is 6.74. The van der Waals surface area contributed by atoms with E-state index in [1.807, 2.05) is 0 Å². The molecule has 0 radical (unpaired) electrons. The van der Waals surface area contributed by atoms with Gasteiger partial charge in [-0.3, -0.25) is 0 Å². The predicted octanol–water partition coefficient (Wildman–Crippen LogP) is 3.61. The van der Waals surface area contributed by atoms with Crippen molar-refractivity contribution in [2.45, 2.75) is 64.3 Å².